The molecular formula is C15H21N9O2. The highest BCUT2D eigenvalue weighted by atomic mass is 16.5. The molecule has 1 amide bonds. The van der Waals surface area contributed by atoms with Crippen LogP contribution in [0, 0.1) is 5.41 Å². The number of pyridine rings is 1. The number of aromatic nitrogens is 4. The number of hydrogen-bond donors (Lipinski definition) is 2. The molecule has 1 aliphatic carbocycles. The Bertz CT molecular complexity index is 861. The van der Waals surface area contributed by atoms with Gasteiger partial charge in [-0.15, -0.1) is 10.2 Å². The number of rotatable bonds is 6. The summed E-state index contributed by atoms with van der Waals surface area (Å²) in [6, 6.07) is 1.65. The number of amides is 1. The van der Waals surface area contributed by atoms with Crippen molar-refractivity contribution in [2.24, 2.45) is 16.2 Å². The smallest absolute Gasteiger partial charge is 0.243 e. The zero-order chi connectivity index (χ0) is 18.7. The Balaban J connectivity index is 0.00000261. The van der Waals surface area contributed by atoms with Crippen LogP contribution in [0.4, 0.5) is 0 Å². The van der Waals surface area contributed by atoms with Gasteiger partial charge in [-0.25, -0.2) is 9.67 Å². The molecule has 11 heteroatoms. The summed E-state index contributed by atoms with van der Waals surface area (Å²) in [5.41, 5.74) is 1.39. The molecule has 0 unspecified atom stereocenters. The first-order valence-corrected chi connectivity index (χ1v) is 7.95. The molecule has 0 bridgehead atoms. The van der Waals surface area contributed by atoms with E-state index in [0.29, 0.717) is 22.7 Å². The Morgan fingerprint density at radius 2 is 2.31 bits per heavy atom. The third-order valence-corrected chi connectivity index (χ3v) is 3.68. The maximum absolute atomic E-state index is 11.8. The quantitative estimate of drug-likeness (QED) is 0.257. The van der Waals surface area contributed by atoms with Crippen LogP contribution in [-0.4, -0.2) is 56.8 Å². The highest BCUT2D eigenvalue weighted by molar-refractivity contribution is 5.97. The van der Waals surface area contributed by atoms with Crippen LogP contribution in [0.5, 0.6) is 5.75 Å². The number of nitrogens with one attached hydrogen (secondary N) is 1. The number of amidine groups is 1. The van der Waals surface area contributed by atoms with Crippen LogP contribution < -0.4 is 10.6 Å². The van der Waals surface area contributed by atoms with E-state index in [1.165, 1.54) is 15.8 Å². The van der Waals surface area contributed by atoms with Crippen LogP contribution in [-0.2, 0) is 11.3 Å². The summed E-state index contributed by atoms with van der Waals surface area (Å²) in [6.45, 7) is 0.0818. The summed E-state index contributed by atoms with van der Waals surface area (Å²) < 4.78 is 7.34. The molecule has 0 atom stereocenters. The average Bonchev–Trinajstić information content (AvgIpc) is 3.30. The molecule has 138 valence electrons. The lowest BCUT2D eigenvalue weighted by Gasteiger charge is -2.10. The molecule has 0 saturated heterocycles. The van der Waals surface area contributed by atoms with E-state index in [0.717, 1.165) is 12.8 Å². The third-order valence-electron chi connectivity index (χ3n) is 3.68. The van der Waals surface area contributed by atoms with E-state index in [2.05, 4.69) is 25.6 Å². The molecule has 0 radical (unpaired) electrons. The highest BCUT2D eigenvalue weighted by Gasteiger charge is 2.26. The number of nitrogens with zero attached hydrogens (tertiary/aromatic N) is 7. The molecule has 3 N–H and O–H groups in total. The number of hydrogen-bond acceptors (Lipinski definition) is 7. The van der Waals surface area contributed by atoms with Crippen molar-refractivity contribution >= 4 is 11.7 Å². The van der Waals surface area contributed by atoms with Crippen LogP contribution >= 0.6 is 0 Å². The first-order chi connectivity index (χ1) is 12.5. The van der Waals surface area contributed by atoms with Crippen molar-refractivity contribution in [3.8, 4) is 17.1 Å². The van der Waals surface area contributed by atoms with Crippen LogP contribution in [0.1, 0.15) is 19.8 Å². The predicted molar refractivity (Wildman–Crippen MR) is 93.6 cm³/mol. The van der Waals surface area contributed by atoms with Gasteiger partial charge in [-0.2, -0.15) is 0 Å². The van der Waals surface area contributed by atoms with Crippen LogP contribution in [0.15, 0.2) is 28.8 Å². The van der Waals surface area contributed by atoms with E-state index in [-0.39, 0.29) is 25.8 Å². The van der Waals surface area contributed by atoms with Crippen LogP contribution in [0.25, 0.3) is 11.4 Å². The second-order valence-electron chi connectivity index (χ2n) is 6.04. The number of carbonyl (C=O) groups excluding carboxylic acids is 1. The monoisotopic (exact) mass is 359 g/mol. The van der Waals surface area contributed by atoms with Crippen molar-refractivity contribution in [2.75, 3.05) is 14.1 Å². The van der Waals surface area contributed by atoms with Crippen molar-refractivity contribution in [1.82, 2.24) is 24.9 Å². The largest absolute Gasteiger partial charge is 0.488 e. The van der Waals surface area contributed by atoms with E-state index >= 15 is 0 Å². The minimum atomic E-state index is -0.118. The molecular weight excluding hydrogens is 338 g/mol. The zero-order valence-corrected chi connectivity index (χ0v) is 14.5. The molecule has 2 aromatic heterocycles. The number of likely N-dealkylation sites (N-methyl/N-ethyl adjacent to an activating group) is 1. The molecule has 1 aliphatic rings. The third kappa shape index (κ3) is 3.99. The molecule has 0 spiro atoms. The predicted octanol–water partition coefficient (Wildman–Crippen LogP) is 0.867. The maximum Gasteiger partial charge on any atom is 0.243 e. The minimum absolute atomic E-state index is 0. The fraction of sp³-hybridized carbons (Fsp3) is 0.400. The van der Waals surface area contributed by atoms with Crippen molar-refractivity contribution in [2.45, 2.75) is 25.5 Å². The Labute approximate surface area is 150 Å². The van der Waals surface area contributed by atoms with E-state index in [1.807, 2.05) is 0 Å². The number of ether oxygens (including phenoxy) is 1. The van der Waals surface area contributed by atoms with Gasteiger partial charge < -0.3 is 15.5 Å². The van der Waals surface area contributed by atoms with E-state index < -0.39 is 0 Å². The van der Waals surface area contributed by atoms with Gasteiger partial charge in [0, 0.05) is 27.3 Å². The van der Waals surface area contributed by atoms with Crippen LogP contribution in [0.2, 0.25) is 0 Å². The molecule has 1 saturated carbocycles. The second kappa shape index (κ2) is 7.25. The van der Waals surface area contributed by atoms with Crippen molar-refractivity contribution in [1.29, 1.82) is 5.41 Å². The Morgan fingerprint density at radius 3 is 2.96 bits per heavy atom. The summed E-state index contributed by atoms with van der Waals surface area (Å²) >= 11 is 0. The maximum atomic E-state index is 11.8. The molecule has 2 heterocycles. The fourth-order valence-electron chi connectivity index (χ4n) is 2.10. The lowest BCUT2D eigenvalue weighted by Crippen LogP contribution is -2.26. The molecule has 11 nitrogen and oxygen atoms in total. The summed E-state index contributed by atoms with van der Waals surface area (Å²) in [4.78, 5) is 17.6. The number of nitrogens with two attached hydrogens (primary N) is 1. The summed E-state index contributed by atoms with van der Waals surface area (Å²) in [5, 5.41) is 22.5. The molecule has 2 aromatic rings. The Morgan fingerprint density at radius 1 is 1.54 bits per heavy atom. The van der Waals surface area contributed by atoms with E-state index in [1.54, 1.807) is 26.4 Å². The molecule has 1 fully saturated rings. The molecule has 26 heavy (non-hydrogen) atoms. The topological polar surface area (TPSA) is 148 Å². The van der Waals surface area contributed by atoms with Crippen molar-refractivity contribution in [3.05, 3.63) is 24.0 Å². The summed E-state index contributed by atoms with van der Waals surface area (Å²) in [6.07, 6.45) is 5.16. The first kappa shape index (κ1) is 17.5. The standard InChI is InChI=1S/C15H19N9O2.H2/c1-23(2)13(25)8-24-7-11(19-22-24)14-12(26-10-3-4-10)5-9(6-18-14)15(16)20-21-17;/h5-7,10H,3-4,8H2,1-2H3,(H3,16,17,20);1H. The zero-order valence-electron chi connectivity index (χ0n) is 14.5. The van der Waals surface area contributed by atoms with Gasteiger partial charge in [0.15, 0.2) is 5.84 Å². The highest BCUT2D eigenvalue weighted by Crippen LogP contribution is 2.33. The van der Waals surface area contributed by atoms with Gasteiger partial charge >= 0.3 is 0 Å². The van der Waals surface area contributed by atoms with Gasteiger partial charge in [-0.1, -0.05) is 10.4 Å². The lowest BCUT2D eigenvalue weighted by atomic mass is 10.2. The summed E-state index contributed by atoms with van der Waals surface area (Å²) in [5.74, 6) is 5.26. The second-order valence-corrected chi connectivity index (χ2v) is 6.04. The van der Waals surface area contributed by atoms with Crippen molar-refractivity contribution in [3.63, 3.8) is 0 Å². The first-order valence-electron chi connectivity index (χ1n) is 7.95. The minimum Gasteiger partial charge on any atom is -0.488 e. The van der Waals surface area contributed by atoms with Gasteiger partial charge in [-0.05, 0) is 18.9 Å². The van der Waals surface area contributed by atoms with Gasteiger partial charge in [0.25, 0.3) is 0 Å². The molecule has 0 aliphatic heterocycles. The van der Waals surface area contributed by atoms with Gasteiger partial charge in [0.1, 0.15) is 23.7 Å². The fourth-order valence-corrected chi connectivity index (χ4v) is 2.10. The molecule has 3 rings (SSSR count). The van der Waals surface area contributed by atoms with E-state index in [4.69, 9.17) is 16.0 Å². The van der Waals surface area contributed by atoms with Gasteiger partial charge in [0.2, 0.25) is 5.91 Å². The van der Waals surface area contributed by atoms with Gasteiger partial charge in [-0.3, -0.25) is 10.2 Å². The molecule has 0 aromatic carbocycles. The Hall–Kier alpha value is -3.37. The summed E-state index contributed by atoms with van der Waals surface area (Å²) in [7, 11) is 3.35. The van der Waals surface area contributed by atoms with Crippen LogP contribution in [0.3, 0.4) is 0 Å². The van der Waals surface area contributed by atoms with Gasteiger partial charge in [0.05, 0.1) is 12.3 Å². The number of carbonyl (C=O) groups is 1. The lowest BCUT2D eigenvalue weighted by molar-refractivity contribution is -0.129. The Kier molecular flexibility index (Phi) is 4.87. The van der Waals surface area contributed by atoms with E-state index in [9.17, 15) is 4.79 Å². The SMILES string of the molecule is CN(C)C(=O)Cn1cc(-c2ncc(C(=N)N=NN)cc2OC2CC2)nn1.[HH]. The average molecular weight is 359 g/mol. The normalized spacial score (nSPS) is 13.8. The van der Waals surface area contributed by atoms with Crippen molar-refractivity contribution < 1.29 is 11.0 Å².